The van der Waals surface area contributed by atoms with Gasteiger partial charge in [0.25, 0.3) is 5.91 Å². The minimum atomic E-state index is -0.262. The van der Waals surface area contributed by atoms with Gasteiger partial charge < -0.3 is 16.0 Å². The van der Waals surface area contributed by atoms with E-state index in [0.717, 1.165) is 36.8 Å². The first-order chi connectivity index (χ1) is 11.7. The fourth-order valence-corrected chi connectivity index (χ4v) is 3.08. The average molecular weight is 329 g/mol. The van der Waals surface area contributed by atoms with E-state index in [0.29, 0.717) is 31.1 Å². The smallest absolute Gasteiger partial charge is 0.272 e. The Balaban J connectivity index is 1.48. The largest absolute Gasteiger partial charge is 0.350 e. The van der Waals surface area contributed by atoms with Crippen LogP contribution in [0, 0.1) is 5.92 Å². The minimum absolute atomic E-state index is 0.0812. The van der Waals surface area contributed by atoms with Crippen LogP contribution in [0.5, 0.6) is 0 Å². The molecule has 0 bridgehead atoms. The topological polar surface area (TPSA) is 104 Å². The molecule has 3 rings (SSSR count). The molecule has 2 heterocycles. The highest BCUT2D eigenvalue weighted by Gasteiger charge is 2.22. The molecule has 4 N–H and O–H groups in total. The highest BCUT2D eigenvalue weighted by molar-refractivity contribution is 6.04. The van der Waals surface area contributed by atoms with Crippen molar-refractivity contribution in [2.75, 3.05) is 26.2 Å². The molecule has 0 spiro atoms. The number of carbonyl (C=O) groups is 2. The summed E-state index contributed by atoms with van der Waals surface area (Å²) < 4.78 is 0. The van der Waals surface area contributed by atoms with Crippen LogP contribution in [0.4, 0.5) is 0 Å². The summed E-state index contributed by atoms with van der Waals surface area (Å²) in [5, 5.41) is 10.5. The molecule has 24 heavy (non-hydrogen) atoms. The summed E-state index contributed by atoms with van der Waals surface area (Å²) in [4.78, 5) is 26.3. The van der Waals surface area contributed by atoms with Crippen molar-refractivity contribution in [3.05, 3.63) is 30.0 Å². The lowest BCUT2D eigenvalue weighted by Gasteiger charge is -2.31. The first kappa shape index (κ1) is 16.4. The van der Waals surface area contributed by atoms with Gasteiger partial charge in [0.2, 0.25) is 5.91 Å². The van der Waals surface area contributed by atoms with Gasteiger partial charge in [0.05, 0.1) is 5.52 Å². The molecule has 1 aliphatic heterocycles. The summed E-state index contributed by atoms with van der Waals surface area (Å²) in [6, 6.07) is 7.46. The first-order valence-corrected chi connectivity index (χ1v) is 8.38. The molecule has 7 nitrogen and oxygen atoms in total. The average Bonchev–Trinajstić information content (AvgIpc) is 3.06. The van der Waals surface area contributed by atoms with E-state index in [4.69, 9.17) is 5.73 Å². The Morgan fingerprint density at radius 2 is 2.04 bits per heavy atom. The number of rotatable bonds is 5. The van der Waals surface area contributed by atoms with Gasteiger partial charge in [-0.25, -0.2) is 0 Å². The predicted octanol–water partition coefficient (Wildman–Crippen LogP) is 0.880. The number of benzene rings is 1. The van der Waals surface area contributed by atoms with Gasteiger partial charge in [-0.05, 0) is 31.4 Å². The van der Waals surface area contributed by atoms with E-state index >= 15 is 0 Å². The molecule has 7 heteroatoms. The van der Waals surface area contributed by atoms with Gasteiger partial charge in [-0.2, -0.15) is 5.10 Å². The maximum atomic E-state index is 12.2. The van der Waals surface area contributed by atoms with E-state index < -0.39 is 0 Å². The lowest BCUT2D eigenvalue weighted by atomic mass is 9.97. The van der Waals surface area contributed by atoms with Crippen LogP contribution in [-0.2, 0) is 4.79 Å². The number of nitrogens with one attached hydrogen (secondary N) is 2. The second-order valence-electron chi connectivity index (χ2n) is 6.18. The minimum Gasteiger partial charge on any atom is -0.350 e. The van der Waals surface area contributed by atoms with Crippen molar-refractivity contribution >= 4 is 22.7 Å². The zero-order valence-electron chi connectivity index (χ0n) is 13.6. The molecule has 2 amide bonds. The monoisotopic (exact) mass is 329 g/mol. The Morgan fingerprint density at radius 3 is 2.79 bits per heavy atom. The molecule has 0 atom stereocenters. The third-order valence-corrected chi connectivity index (χ3v) is 4.61. The number of carbonyl (C=O) groups excluding carboxylic acids is 2. The number of hydrogen-bond acceptors (Lipinski definition) is 4. The third-order valence-electron chi connectivity index (χ3n) is 4.61. The van der Waals surface area contributed by atoms with Crippen LogP contribution in [0.3, 0.4) is 0 Å². The van der Waals surface area contributed by atoms with Crippen molar-refractivity contribution in [1.82, 2.24) is 20.4 Å². The number of para-hydroxylation sites is 1. The Morgan fingerprint density at radius 1 is 1.29 bits per heavy atom. The maximum absolute atomic E-state index is 12.2. The summed E-state index contributed by atoms with van der Waals surface area (Å²) >= 11 is 0. The maximum Gasteiger partial charge on any atom is 0.272 e. The van der Waals surface area contributed by atoms with Gasteiger partial charge in [-0.1, -0.05) is 18.2 Å². The number of likely N-dealkylation sites (tertiary alicyclic amines) is 1. The predicted molar refractivity (Wildman–Crippen MR) is 91.4 cm³/mol. The summed E-state index contributed by atoms with van der Waals surface area (Å²) in [7, 11) is 0. The molecule has 128 valence electrons. The molecular formula is C17H23N5O2. The van der Waals surface area contributed by atoms with Crippen molar-refractivity contribution in [1.29, 1.82) is 0 Å². The molecule has 1 aromatic carbocycles. The van der Waals surface area contributed by atoms with Crippen LogP contribution in [-0.4, -0.2) is 53.1 Å². The van der Waals surface area contributed by atoms with Crippen LogP contribution < -0.4 is 11.1 Å². The quantitative estimate of drug-likeness (QED) is 0.757. The van der Waals surface area contributed by atoms with Crippen LogP contribution in [0.25, 0.3) is 10.9 Å². The van der Waals surface area contributed by atoms with Gasteiger partial charge in [0, 0.05) is 31.4 Å². The molecule has 2 aromatic rings. The highest BCUT2D eigenvalue weighted by Crippen LogP contribution is 2.17. The zero-order chi connectivity index (χ0) is 16.9. The number of aromatic nitrogens is 2. The number of hydrogen-bond donors (Lipinski definition) is 3. The number of aromatic amines is 1. The molecule has 1 saturated heterocycles. The lowest BCUT2D eigenvalue weighted by Crippen LogP contribution is -2.41. The number of amides is 2. The SMILES string of the molecule is NCC1CCN(C(=O)CCNC(=O)c2n[nH]c3ccccc23)CC1. The van der Waals surface area contributed by atoms with Crippen molar-refractivity contribution in [3.8, 4) is 0 Å². The van der Waals surface area contributed by atoms with Gasteiger partial charge in [0.1, 0.15) is 0 Å². The molecule has 1 aliphatic rings. The fourth-order valence-electron chi connectivity index (χ4n) is 3.08. The van der Waals surface area contributed by atoms with Gasteiger partial charge in [-0.15, -0.1) is 0 Å². The lowest BCUT2D eigenvalue weighted by molar-refractivity contribution is -0.132. The van der Waals surface area contributed by atoms with Crippen LogP contribution in [0.1, 0.15) is 29.8 Å². The second-order valence-corrected chi connectivity index (χ2v) is 6.18. The van der Waals surface area contributed by atoms with Crippen LogP contribution in [0.2, 0.25) is 0 Å². The molecular weight excluding hydrogens is 306 g/mol. The molecule has 0 unspecified atom stereocenters. The number of fused-ring (bicyclic) bond motifs is 1. The van der Waals surface area contributed by atoms with E-state index in [2.05, 4.69) is 15.5 Å². The summed E-state index contributed by atoms with van der Waals surface area (Å²) in [6.07, 6.45) is 2.24. The van der Waals surface area contributed by atoms with Crippen molar-refractivity contribution in [2.24, 2.45) is 11.7 Å². The Bertz CT molecular complexity index is 719. The van der Waals surface area contributed by atoms with E-state index in [1.54, 1.807) is 0 Å². The number of nitrogens with zero attached hydrogens (tertiary/aromatic N) is 2. The summed E-state index contributed by atoms with van der Waals surface area (Å²) in [6.45, 7) is 2.53. The third kappa shape index (κ3) is 3.56. The summed E-state index contributed by atoms with van der Waals surface area (Å²) in [5.74, 6) is 0.349. The number of H-pyrrole nitrogens is 1. The number of nitrogens with two attached hydrogens (primary N) is 1. The molecule has 0 aliphatic carbocycles. The Labute approximate surface area is 140 Å². The van der Waals surface area contributed by atoms with E-state index in [-0.39, 0.29) is 11.8 Å². The van der Waals surface area contributed by atoms with Crippen LogP contribution >= 0.6 is 0 Å². The zero-order valence-corrected chi connectivity index (χ0v) is 13.6. The van der Waals surface area contributed by atoms with Crippen LogP contribution in [0.15, 0.2) is 24.3 Å². The van der Waals surface area contributed by atoms with E-state index in [1.165, 1.54) is 0 Å². The number of piperidine rings is 1. The Kier molecular flexibility index (Phi) is 5.10. The second kappa shape index (κ2) is 7.44. The molecule has 1 aromatic heterocycles. The van der Waals surface area contributed by atoms with E-state index in [9.17, 15) is 9.59 Å². The van der Waals surface area contributed by atoms with Crippen molar-refractivity contribution in [3.63, 3.8) is 0 Å². The summed E-state index contributed by atoms with van der Waals surface area (Å²) in [5.41, 5.74) is 6.85. The van der Waals surface area contributed by atoms with Crippen molar-refractivity contribution in [2.45, 2.75) is 19.3 Å². The van der Waals surface area contributed by atoms with Gasteiger partial charge >= 0.3 is 0 Å². The van der Waals surface area contributed by atoms with Gasteiger partial charge in [-0.3, -0.25) is 14.7 Å². The van der Waals surface area contributed by atoms with E-state index in [1.807, 2.05) is 29.2 Å². The fraction of sp³-hybridized carbons (Fsp3) is 0.471. The standard InChI is InChI=1S/C17H23N5O2/c18-11-12-6-9-22(10-7-12)15(23)5-8-19-17(24)16-13-3-1-2-4-14(13)20-21-16/h1-4,12H,5-11,18H2,(H,19,24)(H,20,21). The van der Waals surface area contributed by atoms with Gasteiger partial charge in [0.15, 0.2) is 5.69 Å². The molecule has 1 fully saturated rings. The highest BCUT2D eigenvalue weighted by atomic mass is 16.2. The normalized spacial score (nSPS) is 15.6. The Hall–Kier alpha value is -2.41. The molecule has 0 saturated carbocycles. The van der Waals surface area contributed by atoms with Crippen molar-refractivity contribution < 1.29 is 9.59 Å². The first-order valence-electron chi connectivity index (χ1n) is 8.38. The molecule has 0 radical (unpaired) electrons.